The zero-order chi connectivity index (χ0) is 20.0. The van der Waals surface area contributed by atoms with Crippen LogP contribution in [0.25, 0.3) is 11.1 Å². The van der Waals surface area contributed by atoms with Crippen LogP contribution in [0.4, 0.5) is 5.69 Å². The minimum absolute atomic E-state index is 0.000516. The molecule has 0 radical (unpaired) electrons. The molecule has 0 spiro atoms. The maximum Gasteiger partial charge on any atom is 0.254 e. The van der Waals surface area contributed by atoms with Crippen molar-refractivity contribution in [3.05, 3.63) is 53.6 Å². The predicted molar refractivity (Wildman–Crippen MR) is 114 cm³/mol. The zero-order valence-electron chi connectivity index (χ0n) is 16.9. The highest BCUT2D eigenvalue weighted by atomic mass is 16.2. The van der Waals surface area contributed by atoms with Gasteiger partial charge in [-0.1, -0.05) is 31.2 Å². The van der Waals surface area contributed by atoms with Crippen molar-refractivity contribution >= 4 is 17.5 Å². The fraction of sp³-hybridized carbons (Fsp3) is 0.417. The summed E-state index contributed by atoms with van der Waals surface area (Å²) in [6, 6.07) is 14.4. The topological polar surface area (TPSA) is 52.7 Å². The molecule has 0 saturated carbocycles. The average Bonchev–Trinajstić information content (AvgIpc) is 3.10. The number of piperidine rings is 3. The highest BCUT2D eigenvalue weighted by Gasteiger charge is 2.42. The van der Waals surface area contributed by atoms with E-state index in [9.17, 15) is 9.59 Å². The maximum absolute atomic E-state index is 13.3. The van der Waals surface area contributed by atoms with Gasteiger partial charge in [0.05, 0.1) is 0 Å². The molecule has 0 unspecified atom stereocenters. The van der Waals surface area contributed by atoms with E-state index in [4.69, 9.17) is 0 Å². The number of rotatable bonds is 4. The number of carbonyl (C=O) groups excluding carboxylic acids is 2. The number of nitrogens with zero attached hydrogens (tertiary/aromatic N) is 2. The van der Waals surface area contributed by atoms with Gasteiger partial charge < -0.3 is 15.1 Å². The van der Waals surface area contributed by atoms with Crippen LogP contribution in [0.3, 0.4) is 0 Å². The van der Waals surface area contributed by atoms with Crippen molar-refractivity contribution in [1.29, 1.82) is 0 Å². The summed E-state index contributed by atoms with van der Waals surface area (Å²) in [7, 11) is 0. The van der Waals surface area contributed by atoms with E-state index in [0.717, 1.165) is 41.0 Å². The van der Waals surface area contributed by atoms with Crippen molar-refractivity contribution in [2.24, 2.45) is 5.92 Å². The van der Waals surface area contributed by atoms with Crippen molar-refractivity contribution in [2.75, 3.05) is 25.0 Å². The van der Waals surface area contributed by atoms with E-state index in [1.165, 1.54) is 25.9 Å². The number of hydrogen-bond donors (Lipinski definition) is 1. The molecule has 2 amide bonds. The summed E-state index contributed by atoms with van der Waals surface area (Å²) in [5, 5.41) is 2.91. The molecule has 4 heterocycles. The van der Waals surface area contributed by atoms with Crippen molar-refractivity contribution in [2.45, 2.75) is 38.8 Å². The Bertz CT molecular complexity index is 962. The lowest BCUT2D eigenvalue weighted by atomic mass is 9.83. The van der Waals surface area contributed by atoms with Gasteiger partial charge in [0.1, 0.15) is 0 Å². The lowest BCUT2D eigenvalue weighted by Gasteiger charge is -2.48. The molecule has 2 bridgehead atoms. The van der Waals surface area contributed by atoms with Crippen LogP contribution in [0.1, 0.15) is 42.1 Å². The van der Waals surface area contributed by atoms with E-state index in [1.54, 1.807) is 0 Å². The van der Waals surface area contributed by atoms with Crippen LogP contribution < -0.4 is 5.32 Å². The molecule has 0 aromatic heterocycles. The molecule has 1 N–H and O–H groups in total. The number of anilines is 1. The monoisotopic (exact) mass is 389 g/mol. The Morgan fingerprint density at radius 3 is 2.62 bits per heavy atom. The van der Waals surface area contributed by atoms with Crippen LogP contribution in [0.5, 0.6) is 0 Å². The van der Waals surface area contributed by atoms with Crippen molar-refractivity contribution in [3.63, 3.8) is 0 Å². The van der Waals surface area contributed by atoms with Crippen LogP contribution in [0.2, 0.25) is 0 Å². The molecule has 0 aliphatic carbocycles. The minimum atomic E-state index is -0.000516. The van der Waals surface area contributed by atoms with Gasteiger partial charge in [-0.3, -0.25) is 9.59 Å². The molecule has 5 heteroatoms. The summed E-state index contributed by atoms with van der Waals surface area (Å²) in [4.78, 5) is 29.6. The lowest BCUT2D eigenvalue weighted by Crippen LogP contribution is -2.57. The lowest BCUT2D eigenvalue weighted by molar-refractivity contribution is -0.115. The molecular formula is C24H27N3O2. The quantitative estimate of drug-likeness (QED) is 0.866. The first-order chi connectivity index (χ1) is 14.1. The van der Waals surface area contributed by atoms with Crippen molar-refractivity contribution in [1.82, 2.24) is 9.80 Å². The van der Waals surface area contributed by atoms with Gasteiger partial charge in [-0.15, -0.1) is 0 Å². The fourth-order valence-electron chi connectivity index (χ4n) is 5.08. The van der Waals surface area contributed by atoms with Crippen LogP contribution in [0.15, 0.2) is 42.5 Å². The second kappa shape index (κ2) is 7.30. The van der Waals surface area contributed by atoms with Crippen LogP contribution in [-0.2, 0) is 11.3 Å². The molecule has 29 heavy (non-hydrogen) atoms. The summed E-state index contributed by atoms with van der Waals surface area (Å²) in [6.07, 6.45) is 2.88. The Morgan fingerprint density at radius 2 is 1.90 bits per heavy atom. The molecular weight excluding hydrogens is 362 g/mol. The second-order valence-corrected chi connectivity index (χ2v) is 8.49. The van der Waals surface area contributed by atoms with E-state index < -0.39 is 0 Å². The standard InChI is InChI=1S/C24H27N3O2/c1-2-23(28)25-20-5-3-4-17(12-20)18-6-7-19-14-27(24(29)21(19)13-18)22-15-26-10-8-16(22)9-11-26/h3-7,12-13,16,22H,2,8-11,14-15H2,1H3,(H,25,28)/t22-/m0/s1. The molecule has 6 rings (SSSR count). The molecule has 1 atom stereocenters. The maximum atomic E-state index is 13.3. The summed E-state index contributed by atoms with van der Waals surface area (Å²) >= 11 is 0. The number of amides is 2. The third-order valence-corrected chi connectivity index (χ3v) is 6.76. The third kappa shape index (κ3) is 3.33. The molecule has 4 aliphatic rings. The predicted octanol–water partition coefficient (Wildman–Crippen LogP) is 3.75. The van der Waals surface area contributed by atoms with Gasteiger partial charge >= 0.3 is 0 Å². The molecule has 5 nitrogen and oxygen atoms in total. The molecule has 2 aromatic carbocycles. The second-order valence-electron chi connectivity index (χ2n) is 8.49. The third-order valence-electron chi connectivity index (χ3n) is 6.76. The minimum Gasteiger partial charge on any atom is -0.330 e. The van der Waals surface area contributed by atoms with Crippen LogP contribution in [0, 0.1) is 5.92 Å². The highest BCUT2D eigenvalue weighted by Crippen LogP contribution is 2.36. The van der Waals surface area contributed by atoms with Gasteiger partial charge in [-0.2, -0.15) is 0 Å². The molecule has 150 valence electrons. The molecule has 3 saturated heterocycles. The van der Waals surface area contributed by atoms with Gasteiger partial charge in [0, 0.05) is 36.8 Å². The number of nitrogens with one attached hydrogen (secondary N) is 1. The van der Waals surface area contributed by atoms with Crippen molar-refractivity contribution < 1.29 is 9.59 Å². The Balaban J connectivity index is 1.39. The Kier molecular flexibility index (Phi) is 4.63. The van der Waals surface area contributed by atoms with Crippen LogP contribution >= 0.6 is 0 Å². The highest BCUT2D eigenvalue weighted by molar-refractivity contribution is 6.00. The normalized spacial score (nSPS) is 25.2. The van der Waals surface area contributed by atoms with Gasteiger partial charge in [0.2, 0.25) is 5.91 Å². The largest absolute Gasteiger partial charge is 0.330 e. The van der Waals surface area contributed by atoms with E-state index in [1.807, 2.05) is 37.3 Å². The first kappa shape index (κ1) is 18.4. The van der Waals surface area contributed by atoms with Gasteiger partial charge in [0.15, 0.2) is 0 Å². The van der Waals surface area contributed by atoms with Crippen molar-refractivity contribution in [3.8, 4) is 11.1 Å². The molecule has 3 fully saturated rings. The van der Waals surface area contributed by atoms with Gasteiger partial charge in [0.25, 0.3) is 5.91 Å². The Hall–Kier alpha value is -2.66. The molecule has 4 aliphatic heterocycles. The number of benzene rings is 2. The van der Waals surface area contributed by atoms with E-state index in [-0.39, 0.29) is 11.8 Å². The summed E-state index contributed by atoms with van der Waals surface area (Å²) < 4.78 is 0. The van der Waals surface area contributed by atoms with E-state index in [2.05, 4.69) is 27.2 Å². The Labute approximate surface area is 171 Å². The SMILES string of the molecule is CCC(=O)Nc1cccc(-c2ccc3c(c2)C(=O)N([C@H]2CN4CCC2CC4)C3)c1. The van der Waals surface area contributed by atoms with Gasteiger partial charge in [-0.25, -0.2) is 0 Å². The molecule has 2 aromatic rings. The van der Waals surface area contributed by atoms with Gasteiger partial charge in [-0.05, 0) is 66.7 Å². The number of fused-ring (bicyclic) bond motifs is 4. The first-order valence-corrected chi connectivity index (χ1v) is 10.7. The number of carbonyl (C=O) groups is 2. The summed E-state index contributed by atoms with van der Waals surface area (Å²) in [5.74, 6) is 0.826. The van der Waals surface area contributed by atoms with E-state index in [0.29, 0.717) is 18.4 Å². The first-order valence-electron chi connectivity index (χ1n) is 10.7. The van der Waals surface area contributed by atoms with E-state index >= 15 is 0 Å². The Morgan fingerprint density at radius 1 is 1.10 bits per heavy atom. The van der Waals surface area contributed by atoms with Crippen LogP contribution in [-0.4, -0.2) is 47.3 Å². The number of hydrogen-bond acceptors (Lipinski definition) is 3. The smallest absolute Gasteiger partial charge is 0.254 e. The fourth-order valence-corrected chi connectivity index (χ4v) is 5.08. The summed E-state index contributed by atoms with van der Waals surface area (Å²) in [6.45, 7) is 5.97. The zero-order valence-corrected chi connectivity index (χ0v) is 16.9. The average molecular weight is 389 g/mol. The summed E-state index contributed by atoms with van der Waals surface area (Å²) in [5.41, 5.74) is 4.78.